The van der Waals surface area contributed by atoms with Crippen LogP contribution in [0.15, 0.2) is 115 Å². The molecule has 0 aliphatic carbocycles. The van der Waals surface area contributed by atoms with Crippen LogP contribution in [0.5, 0.6) is 0 Å². The average Bonchev–Trinajstić information content (AvgIpc) is 2.94. The second kappa shape index (κ2) is 8.52. The zero-order chi connectivity index (χ0) is 24.7. The Morgan fingerprint density at radius 2 is 1.25 bits per heavy atom. The largest absolute Gasteiger partial charge is 0.309 e. The summed E-state index contributed by atoms with van der Waals surface area (Å²) in [6, 6.07) is 40.4. The standard InChI is InChI=1S/C33H25N3/c1-33(2)28-13-4-7-16-31(28)36(32-17-8-5-14-29(32)33)30-15-6-3-12-27(30)24-11-9-10-23(20-24)25-18-19-26(21-34)35-22-25/h3-20,22H,1-2H3. The molecule has 0 spiro atoms. The molecule has 0 saturated heterocycles. The van der Waals surface area contributed by atoms with E-state index in [1.807, 2.05) is 6.07 Å². The molecule has 3 nitrogen and oxygen atoms in total. The normalized spacial score (nSPS) is 13.4. The number of nitriles is 1. The summed E-state index contributed by atoms with van der Waals surface area (Å²) in [5.41, 5.74) is 10.9. The van der Waals surface area contributed by atoms with Crippen molar-refractivity contribution in [2.75, 3.05) is 4.90 Å². The van der Waals surface area contributed by atoms with Gasteiger partial charge in [-0.3, -0.25) is 0 Å². The van der Waals surface area contributed by atoms with Crippen LogP contribution in [-0.4, -0.2) is 4.98 Å². The molecule has 36 heavy (non-hydrogen) atoms. The van der Waals surface area contributed by atoms with E-state index in [9.17, 15) is 0 Å². The summed E-state index contributed by atoms with van der Waals surface area (Å²) in [5, 5.41) is 9.10. The van der Waals surface area contributed by atoms with Crippen LogP contribution in [0, 0.1) is 11.3 Å². The van der Waals surface area contributed by atoms with E-state index < -0.39 is 0 Å². The number of anilines is 3. The van der Waals surface area contributed by atoms with Crippen molar-refractivity contribution >= 4 is 17.1 Å². The summed E-state index contributed by atoms with van der Waals surface area (Å²) in [4.78, 5) is 6.67. The molecule has 1 aliphatic heterocycles. The molecule has 0 atom stereocenters. The molecular formula is C33H25N3. The second-order valence-electron chi connectivity index (χ2n) is 9.64. The van der Waals surface area contributed by atoms with E-state index in [0.717, 1.165) is 27.9 Å². The van der Waals surface area contributed by atoms with Crippen molar-refractivity contribution in [2.24, 2.45) is 0 Å². The van der Waals surface area contributed by atoms with Gasteiger partial charge in [0.25, 0.3) is 0 Å². The number of para-hydroxylation sites is 3. The molecule has 0 N–H and O–H groups in total. The van der Waals surface area contributed by atoms with E-state index in [2.05, 4.69) is 127 Å². The third kappa shape index (κ3) is 3.47. The molecule has 2 heterocycles. The SMILES string of the molecule is CC1(C)c2ccccc2N(c2ccccc2-c2cccc(-c3ccc(C#N)nc3)c2)c2ccccc21. The number of pyridine rings is 1. The predicted molar refractivity (Wildman–Crippen MR) is 147 cm³/mol. The molecule has 0 saturated carbocycles. The monoisotopic (exact) mass is 463 g/mol. The van der Waals surface area contributed by atoms with Crippen molar-refractivity contribution in [3.63, 3.8) is 0 Å². The minimum absolute atomic E-state index is 0.0961. The van der Waals surface area contributed by atoms with Crippen molar-refractivity contribution in [2.45, 2.75) is 19.3 Å². The molecule has 0 radical (unpaired) electrons. The summed E-state index contributed by atoms with van der Waals surface area (Å²) in [6.07, 6.45) is 1.77. The Kier molecular flexibility index (Phi) is 5.16. The Bertz CT molecular complexity index is 1570. The fourth-order valence-electron chi connectivity index (χ4n) is 5.34. The zero-order valence-electron chi connectivity index (χ0n) is 20.3. The third-order valence-corrected chi connectivity index (χ3v) is 7.17. The van der Waals surface area contributed by atoms with Crippen LogP contribution in [0.1, 0.15) is 30.7 Å². The summed E-state index contributed by atoms with van der Waals surface area (Å²) < 4.78 is 0. The minimum atomic E-state index is -0.0961. The molecule has 4 aromatic carbocycles. The number of benzene rings is 4. The quantitative estimate of drug-likeness (QED) is 0.270. The van der Waals surface area contributed by atoms with Crippen LogP contribution < -0.4 is 4.90 Å². The lowest BCUT2D eigenvalue weighted by Gasteiger charge is -2.42. The third-order valence-electron chi connectivity index (χ3n) is 7.17. The Balaban J connectivity index is 1.53. The summed E-state index contributed by atoms with van der Waals surface area (Å²) in [7, 11) is 0. The molecular weight excluding hydrogens is 438 g/mol. The number of aromatic nitrogens is 1. The highest BCUT2D eigenvalue weighted by Gasteiger charge is 2.36. The first-order valence-electron chi connectivity index (χ1n) is 12.1. The first-order valence-corrected chi connectivity index (χ1v) is 12.1. The molecule has 5 aromatic rings. The van der Waals surface area contributed by atoms with Crippen LogP contribution in [-0.2, 0) is 5.41 Å². The van der Waals surface area contributed by atoms with Crippen LogP contribution in [0.3, 0.4) is 0 Å². The van der Waals surface area contributed by atoms with Gasteiger partial charge in [0.2, 0.25) is 0 Å². The smallest absolute Gasteiger partial charge is 0.140 e. The Labute approximate surface area is 211 Å². The van der Waals surface area contributed by atoms with Crippen LogP contribution in [0.2, 0.25) is 0 Å². The van der Waals surface area contributed by atoms with Crippen molar-refractivity contribution in [1.82, 2.24) is 4.98 Å². The number of hydrogen-bond donors (Lipinski definition) is 0. The summed E-state index contributed by atoms with van der Waals surface area (Å²) in [6.45, 7) is 4.62. The fourth-order valence-corrected chi connectivity index (χ4v) is 5.34. The molecule has 1 aliphatic rings. The van der Waals surface area contributed by atoms with Crippen LogP contribution in [0.25, 0.3) is 22.3 Å². The van der Waals surface area contributed by atoms with E-state index in [1.54, 1.807) is 12.3 Å². The molecule has 0 fully saturated rings. The van der Waals surface area contributed by atoms with Crippen molar-refractivity contribution in [1.29, 1.82) is 5.26 Å². The highest BCUT2D eigenvalue weighted by molar-refractivity contribution is 5.93. The van der Waals surface area contributed by atoms with Gasteiger partial charge in [0.1, 0.15) is 11.8 Å². The molecule has 172 valence electrons. The van der Waals surface area contributed by atoms with E-state index in [0.29, 0.717) is 5.69 Å². The average molecular weight is 464 g/mol. The summed E-state index contributed by atoms with van der Waals surface area (Å²) in [5.74, 6) is 0. The van der Waals surface area contributed by atoms with Crippen molar-refractivity contribution in [3.8, 4) is 28.3 Å². The number of fused-ring (bicyclic) bond motifs is 2. The van der Waals surface area contributed by atoms with Gasteiger partial charge in [0, 0.05) is 22.7 Å². The van der Waals surface area contributed by atoms with Gasteiger partial charge < -0.3 is 4.90 Å². The van der Waals surface area contributed by atoms with E-state index in [1.165, 1.54) is 22.5 Å². The maximum atomic E-state index is 9.10. The van der Waals surface area contributed by atoms with Gasteiger partial charge in [0.15, 0.2) is 0 Å². The van der Waals surface area contributed by atoms with Gasteiger partial charge >= 0.3 is 0 Å². The summed E-state index contributed by atoms with van der Waals surface area (Å²) >= 11 is 0. The van der Waals surface area contributed by atoms with Gasteiger partial charge in [-0.25, -0.2) is 4.98 Å². The maximum absolute atomic E-state index is 9.10. The lowest BCUT2D eigenvalue weighted by Crippen LogP contribution is -2.30. The fraction of sp³-hybridized carbons (Fsp3) is 0.0909. The van der Waals surface area contributed by atoms with Crippen molar-refractivity contribution in [3.05, 3.63) is 132 Å². The zero-order valence-corrected chi connectivity index (χ0v) is 20.3. The van der Waals surface area contributed by atoms with Crippen molar-refractivity contribution < 1.29 is 0 Å². The van der Waals surface area contributed by atoms with E-state index in [-0.39, 0.29) is 5.41 Å². The first-order chi connectivity index (χ1) is 17.6. The van der Waals surface area contributed by atoms with Gasteiger partial charge in [-0.2, -0.15) is 5.26 Å². The van der Waals surface area contributed by atoms with E-state index in [4.69, 9.17) is 5.26 Å². The number of rotatable bonds is 3. The minimum Gasteiger partial charge on any atom is -0.309 e. The Hall–Kier alpha value is -4.68. The second-order valence-corrected chi connectivity index (χ2v) is 9.64. The number of hydrogen-bond acceptors (Lipinski definition) is 3. The topological polar surface area (TPSA) is 39.9 Å². The van der Waals surface area contributed by atoms with Gasteiger partial charge in [-0.1, -0.05) is 86.6 Å². The van der Waals surface area contributed by atoms with E-state index >= 15 is 0 Å². The molecule has 3 heteroatoms. The molecule has 6 rings (SSSR count). The lowest BCUT2D eigenvalue weighted by molar-refractivity contribution is 0.632. The van der Waals surface area contributed by atoms with Gasteiger partial charge in [-0.15, -0.1) is 0 Å². The maximum Gasteiger partial charge on any atom is 0.140 e. The molecule has 1 aromatic heterocycles. The highest BCUT2D eigenvalue weighted by Crippen LogP contribution is 2.53. The highest BCUT2D eigenvalue weighted by atomic mass is 15.2. The first kappa shape index (κ1) is 21.8. The van der Waals surface area contributed by atoms with Crippen LogP contribution >= 0.6 is 0 Å². The van der Waals surface area contributed by atoms with Gasteiger partial charge in [0.05, 0.1) is 17.1 Å². The predicted octanol–water partition coefficient (Wildman–Crippen LogP) is 8.40. The Morgan fingerprint density at radius 3 is 1.89 bits per heavy atom. The number of nitrogens with zero attached hydrogens (tertiary/aromatic N) is 3. The molecule has 0 bridgehead atoms. The molecule has 0 unspecified atom stereocenters. The lowest BCUT2D eigenvalue weighted by atomic mass is 9.73. The molecule has 0 amide bonds. The van der Waals surface area contributed by atoms with Gasteiger partial charge in [-0.05, 0) is 58.7 Å². The van der Waals surface area contributed by atoms with Crippen LogP contribution in [0.4, 0.5) is 17.1 Å². The Morgan fingerprint density at radius 1 is 0.639 bits per heavy atom.